The fraction of sp³-hybridized carbons (Fsp3) is 0.909. The summed E-state index contributed by atoms with van der Waals surface area (Å²) in [6, 6.07) is 0. The van der Waals surface area contributed by atoms with E-state index in [1.165, 1.54) is 0 Å². The molecule has 0 N–H and O–H groups in total. The number of carbonyl (C=O) groups is 1. The number of carbonyl (C=O) groups excluding carboxylic acids is 1. The van der Waals surface area contributed by atoms with Crippen molar-refractivity contribution in [3.63, 3.8) is 0 Å². The van der Waals surface area contributed by atoms with E-state index < -0.39 is 0 Å². The maximum atomic E-state index is 11.2. The molecule has 0 aliphatic heterocycles. The second-order valence-electron chi connectivity index (χ2n) is 4.23. The van der Waals surface area contributed by atoms with Gasteiger partial charge < -0.3 is 9.47 Å². The van der Waals surface area contributed by atoms with Crippen LogP contribution >= 0.6 is 0 Å². The largest absolute Gasteiger partial charge is 0.374 e. The van der Waals surface area contributed by atoms with Crippen LogP contribution in [0.2, 0.25) is 0 Å². The van der Waals surface area contributed by atoms with Gasteiger partial charge in [-0.25, -0.2) is 0 Å². The minimum atomic E-state index is -0.284. The number of ketones is 1. The topological polar surface area (TPSA) is 35.5 Å². The molecule has 82 valence electrons. The molecule has 2 unspecified atom stereocenters. The zero-order valence-corrected chi connectivity index (χ0v) is 9.29. The molecule has 1 rings (SSSR count). The van der Waals surface area contributed by atoms with Gasteiger partial charge >= 0.3 is 0 Å². The van der Waals surface area contributed by atoms with Crippen LogP contribution in [0, 0.1) is 5.92 Å². The van der Waals surface area contributed by atoms with E-state index in [9.17, 15) is 4.79 Å². The predicted molar refractivity (Wildman–Crippen MR) is 54.2 cm³/mol. The summed E-state index contributed by atoms with van der Waals surface area (Å²) in [4.78, 5) is 11.2. The molecular weight excluding hydrogens is 180 g/mol. The van der Waals surface area contributed by atoms with Gasteiger partial charge in [0, 0.05) is 19.6 Å². The molecule has 3 heteroatoms. The Morgan fingerprint density at radius 2 is 2.14 bits per heavy atom. The number of hydrogen-bond acceptors (Lipinski definition) is 3. The zero-order valence-electron chi connectivity index (χ0n) is 9.29. The average molecular weight is 200 g/mol. The van der Waals surface area contributed by atoms with Crippen LogP contribution in [0.25, 0.3) is 0 Å². The third kappa shape index (κ3) is 3.07. The van der Waals surface area contributed by atoms with Crippen LogP contribution in [0.15, 0.2) is 0 Å². The zero-order chi connectivity index (χ0) is 10.6. The van der Waals surface area contributed by atoms with Crippen molar-refractivity contribution in [3.05, 3.63) is 0 Å². The molecule has 2 atom stereocenters. The first-order chi connectivity index (χ1) is 6.65. The van der Waals surface area contributed by atoms with Crippen LogP contribution in [0.1, 0.15) is 33.6 Å². The van der Waals surface area contributed by atoms with Crippen LogP contribution in [-0.2, 0) is 14.3 Å². The van der Waals surface area contributed by atoms with Crippen molar-refractivity contribution in [2.75, 3.05) is 13.2 Å². The molecule has 0 bridgehead atoms. The first kappa shape index (κ1) is 11.7. The summed E-state index contributed by atoms with van der Waals surface area (Å²) in [6.07, 6.45) is 1.20. The van der Waals surface area contributed by atoms with Crippen molar-refractivity contribution in [2.45, 2.75) is 45.8 Å². The van der Waals surface area contributed by atoms with Crippen LogP contribution < -0.4 is 0 Å². The van der Waals surface area contributed by atoms with E-state index in [0.717, 1.165) is 6.42 Å². The first-order valence-electron chi connectivity index (χ1n) is 5.41. The first-order valence-corrected chi connectivity index (χ1v) is 5.41. The number of hydrogen-bond donors (Lipinski definition) is 0. The molecule has 0 aromatic carbocycles. The maximum Gasteiger partial charge on any atom is 0.166 e. The highest BCUT2D eigenvalue weighted by Crippen LogP contribution is 2.23. The molecule has 3 nitrogen and oxygen atoms in total. The molecule has 0 aromatic rings. The lowest BCUT2D eigenvalue weighted by Crippen LogP contribution is -2.50. The Morgan fingerprint density at radius 3 is 2.64 bits per heavy atom. The van der Waals surface area contributed by atoms with Crippen molar-refractivity contribution >= 4 is 5.78 Å². The summed E-state index contributed by atoms with van der Waals surface area (Å²) in [5.74, 6) is 0.699. The number of rotatable bonds is 6. The highest BCUT2D eigenvalue weighted by atomic mass is 16.5. The SMILES string of the molecule is CCCOC1C(=O)CC1OCC(C)C. The van der Waals surface area contributed by atoms with E-state index in [2.05, 4.69) is 13.8 Å². The summed E-state index contributed by atoms with van der Waals surface area (Å²) in [5.41, 5.74) is 0. The lowest BCUT2D eigenvalue weighted by Gasteiger charge is -2.34. The molecule has 14 heavy (non-hydrogen) atoms. The molecule has 1 saturated carbocycles. The van der Waals surface area contributed by atoms with Gasteiger partial charge in [-0.05, 0) is 12.3 Å². The molecule has 0 spiro atoms. The lowest BCUT2D eigenvalue weighted by atomic mass is 9.90. The standard InChI is InChI=1S/C11H20O3/c1-4-5-13-11-9(12)6-10(11)14-7-8(2)3/h8,10-11H,4-7H2,1-3H3. The Balaban J connectivity index is 2.22. The fourth-order valence-electron chi connectivity index (χ4n) is 1.38. The predicted octanol–water partition coefficient (Wildman–Crippen LogP) is 1.80. The van der Waals surface area contributed by atoms with Crippen LogP contribution in [0.3, 0.4) is 0 Å². The second kappa shape index (κ2) is 5.47. The lowest BCUT2D eigenvalue weighted by molar-refractivity contribution is -0.167. The normalized spacial score (nSPS) is 26.7. The van der Waals surface area contributed by atoms with Crippen molar-refractivity contribution in [3.8, 4) is 0 Å². The Bertz CT molecular complexity index is 189. The highest BCUT2D eigenvalue weighted by Gasteiger charge is 2.41. The molecule has 1 aliphatic rings. The van der Waals surface area contributed by atoms with E-state index in [1.54, 1.807) is 0 Å². The Morgan fingerprint density at radius 1 is 1.43 bits per heavy atom. The van der Waals surface area contributed by atoms with Gasteiger partial charge in [0.25, 0.3) is 0 Å². The van der Waals surface area contributed by atoms with Gasteiger partial charge in [-0.2, -0.15) is 0 Å². The van der Waals surface area contributed by atoms with Gasteiger partial charge in [0.15, 0.2) is 5.78 Å². The molecule has 0 heterocycles. The van der Waals surface area contributed by atoms with Crippen LogP contribution in [0.5, 0.6) is 0 Å². The fourth-order valence-corrected chi connectivity index (χ4v) is 1.38. The molecule has 0 saturated heterocycles. The Hall–Kier alpha value is -0.410. The third-order valence-corrected chi connectivity index (χ3v) is 2.20. The molecular formula is C11H20O3. The van der Waals surface area contributed by atoms with Crippen molar-refractivity contribution in [1.82, 2.24) is 0 Å². The monoisotopic (exact) mass is 200 g/mol. The third-order valence-electron chi connectivity index (χ3n) is 2.20. The summed E-state index contributed by atoms with van der Waals surface area (Å²) in [7, 11) is 0. The van der Waals surface area contributed by atoms with E-state index in [1.807, 2.05) is 6.92 Å². The van der Waals surface area contributed by atoms with Crippen molar-refractivity contribution in [1.29, 1.82) is 0 Å². The van der Waals surface area contributed by atoms with Gasteiger partial charge in [0.2, 0.25) is 0 Å². The quantitative estimate of drug-likeness (QED) is 0.655. The summed E-state index contributed by atoms with van der Waals surface area (Å²) < 4.78 is 11.0. The van der Waals surface area contributed by atoms with Crippen molar-refractivity contribution in [2.24, 2.45) is 5.92 Å². The second-order valence-corrected chi connectivity index (χ2v) is 4.23. The molecule has 1 aliphatic carbocycles. The van der Waals surface area contributed by atoms with Gasteiger partial charge in [-0.3, -0.25) is 4.79 Å². The summed E-state index contributed by atoms with van der Waals surface area (Å²) in [6.45, 7) is 7.60. The van der Waals surface area contributed by atoms with Crippen LogP contribution in [-0.4, -0.2) is 31.2 Å². The molecule has 0 aromatic heterocycles. The Labute approximate surface area is 85.8 Å². The van der Waals surface area contributed by atoms with Gasteiger partial charge in [0.1, 0.15) is 6.10 Å². The van der Waals surface area contributed by atoms with Crippen molar-refractivity contribution < 1.29 is 14.3 Å². The average Bonchev–Trinajstić information content (AvgIpc) is 2.12. The van der Waals surface area contributed by atoms with E-state index in [-0.39, 0.29) is 18.0 Å². The maximum absolute atomic E-state index is 11.2. The van der Waals surface area contributed by atoms with E-state index >= 15 is 0 Å². The molecule has 0 amide bonds. The van der Waals surface area contributed by atoms with Gasteiger partial charge in [0.05, 0.1) is 6.10 Å². The van der Waals surface area contributed by atoms with E-state index in [0.29, 0.717) is 25.6 Å². The minimum absolute atomic E-state index is 0.0106. The Kier molecular flexibility index (Phi) is 4.55. The van der Waals surface area contributed by atoms with Gasteiger partial charge in [-0.15, -0.1) is 0 Å². The highest BCUT2D eigenvalue weighted by molar-refractivity contribution is 5.90. The van der Waals surface area contributed by atoms with Gasteiger partial charge in [-0.1, -0.05) is 20.8 Å². The number of Topliss-reactive ketones (excluding diaryl/α,β-unsaturated/α-hetero) is 1. The number of ether oxygens (including phenoxy) is 2. The molecule has 1 fully saturated rings. The summed E-state index contributed by atoms with van der Waals surface area (Å²) in [5, 5.41) is 0. The molecule has 0 radical (unpaired) electrons. The summed E-state index contributed by atoms with van der Waals surface area (Å²) >= 11 is 0. The minimum Gasteiger partial charge on any atom is -0.374 e. The van der Waals surface area contributed by atoms with E-state index in [4.69, 9.17) is 9.47 Å². The smallest absolute Gasteiger partial charge is 0.166 e. The van der Waals surface area contributed by atoms with Crippen LogP contribution in [0.4, 0.5) is 0 Å².